The Kier molecular flexibility index (Phi) is 5.56. The second kappa shape index (κ2) is 8.04. The van der Waals surface area contributed by atoms with Gasteiger partial charge in [-0.3, -0.25) is 9.59 Å². The fourth-order valence-corrected chi connectivity index (χ4v) is 2.76. The van der Waals surface area contributed by atoms with Gasteiger partial charge in [0.25, 0.3) is 11.8 Å². The molecule has 0 aliphatic carbocycles. The molecule has 0 aromatic heterocycles. The molecule has 6 heteroatoms. The van der Waals surface area contributed by atoms with Crippen LogP contribution in [0.1, 0.15) is 20.7 Å². The van der Waals surface area contributed by atoms with E-state index < -0.39 is 0 Å². The van der Waals surface area contributed by atoms with E-state index >= 15 is 0 Å². The average molecular weight is 385 g/mol. The van der Waals surface area contributed by atoms with Crippen molar-refractivity contribution in [3.63, 3.8) is 0 Å². The minimum absolute atomic E-state index is 0.305. The summed E-state index contributed by atoms with van der Waals surface area (Å²) in [5.41, 5.74) is 1.85. The van der Waals surface area contributed by atoms with Crippen molar-refractivity contribution in [3.8, 4) is 0 Å². The first kappa shape index (κ1) is 18.0. The lowest BCUT2D eigenvalue weighted by molar-refractivity contribution is 0.101. The highest BCUT2D eigenvalue weighted by Gasteiger charge is 2.12. The van der Waals surface area contributed by atoms with Crippen molar-refractivity contribution in [3.05, 3.63) is 94.0 Å². The molecule has 130 valence electrons. The Hall–Kier alpha value is -2.82. The van der Waals surface area contributed by atoms with Crippen molar-refractivity contribution in [2.24, 2.45) is 0 Å². The Morgan fingerprint density at radius 2 is 1.35 bits per heavy atom. The number of hydrogen-bond acceptors (Lipinski definition) is 2. The Morgan fingerprint density at radius 1 is 0.692 bits per heavy atom. The molecule has 3 aromatic rings. The van der Waals surface area contributed by atoms with Gasteiger partial charge in [0, 0.05) is 22.0 Å². The first-order valence-corrected chi connectivity index (χ1v) is 8.51. The van der Waals surface area contributed by atoms with E-state index in [4.69, 9.17) is 23.2 Å². The van der Waals surface area contributed by atoms with Crippen LogP contribution < -0.4 is 10.6 Å². The lowest BCUT2D eigenvalue weighted by atomic mass is 10.1. The molecular formula is C20H14Cl2N2O2. The van der Waals surface area contributed by atoms with E-state index in [9.17, 15) is 9.59 Å². The number of carbonyl (C=O) groups is 2. The Bertz CT molecular complexity index is 973. The number of halogens is 2. The molecule has 2 amide bonds. The molecule has 0 bridgehead atoms. The molecule has 0 saturated heterocycles. The molecule has 0 aliphatic rings. The molecule has 26 heavy (non-hydrogen) atoms. The smallest absolute Gasteiger partial charge is 0.257 e. The minimum Gasteiger partial charge on any atom is -0.322 e. The topological polar surface area (TPSA) is 58.2 Å². The Labute approximate surface area is 160 Å². The van der Waals surface area contributed by atoms with Crippen molar-refractivity contribution in [2.45, 2.75) is 0 Å². The van der Waals surface area contributed by atoms with Gasteiger partial charge in [0.2, 0.25) is 0 Å². The summed E-state index contributed by atoms with van der Waals surface area (Å²) in [7, 11) is 0. The first-order valence-electron chi connectivity index (χ1n) is 7.76. The van der Waals surface area contributed by atoms with Crippen LogP contribution in [-0.4, -0.2) is 11.8 Å². The summed E-state index contributed by atoms with van der Waals surface area (Å²) in [6.45, 7) is 0. The van der Waals surface area contributed by atoms with Crippen molar-refractivity contribution in [2.75, 3.05) is 10.6 Å². The molecule has 0 fully saturated rings. The van der Waals surface area contributed by atoms with Gasteiger partial charge in [-0.15, -0.1) is 0 Å². The highest BCUT2D eigenvalue weighted by Crippen LogP contribution is 2.19. The molecular weight excluding hydrogens is 371 g/mol. The number of nitrogens with one attached hydrogen (secondary N) is 2. The van der Waals surface area contributed by atoms with Gasteiger partial charge in [0.1, 0.15) is 0 Å². The Morgan fingerprint density at radius 3 is 2.08 bits per heavy atom. The third kappa shape index (κ3) is 4.42. The van der Waals surface area contributed by atoms with E-state index in [-0.39, 0.29) is 11.8 Å². The number of carbonyl (C=O) groups excluding carboxylic acids is 2. The van der Waals surface area contributed by atoms with E-state index in [2.05, 4.69) is 10.6 Å². The zero-order valence-electron chi connectivity index (χ0n) is 13.5. The van der Waals surface area contributed by atoms with Gasteiger partial charge in [-0.25, -0.2) is 0 Å². The third-order valence-electron chi connectivity index (χ3n) is 3.58. The number of amides is 2. The van der Waals surface area contributed by atoms with Crippen molar-refractivity contribution in [1.82, 2.24) is 0 Å². The summed E-state index contributed by atoms with van der Waals surface area (Å²) < 4.78 is 0. The molecule has 0 aliphatic heterocycles. The molecule has 0 spiro atoms. The van der Waals surface area contributed by atoms with E-state index in [1.54, 1.807) is 72.8 Å². The lowest BCUT2D eigenvalue weighted by Gasteiger charge is -2.09. The molecule has 3 aromatic carbocycles. The van der Waals surface area contributed by atoms with Crippen LogP contribution in [-0.2, 0) is 0 Å². The van der Waals surface area contributed by atoms with Crippen LogP contribution in [0.2, 0.25) is 10.0 Å². The van der Waals surface area contributed by atoms with Crippen LogP contribution in [0.3, 0.4) is 0 Å². The quantitative estimate of drug-likeness (QED) is 0.623. The zero-order chi connectivity index (χ0) is 18.5. The van der Waals surface area contributed by atoms with Crippen LogP contribution in [0, 0.1) is 0 Å². The summed E-state index contributed by atoms with van der Waals surface area (Å²) in [4.78, 5) is 24.7. The predicted octanol–water partition coefficient (Wildman–Crippen LogP) is 5.50. The van der Waals surface area contributed by atoms with Crippen LogP contribution in [0.4, 0.5) is 11.4 Å². The van der Waals surface area contributed by atoms with Gasteiger partial charge in [-0.1, -0.05) is 47.5 Å². The monoisotopic (exact) mass is 384 g/mol. The lowest BCUT2D eigenvalue weighted by Crippen LogP contribution is -2.15. The van der Waals surface area contributed by atoms with Crippen molar-refractivity contribution >= 4 is 46.4 Å². The van der Waals surface area contributed by atoms with Gasteiger partial charge in [0.05, 0.1) is 10.6 Å². The summed E-state index contributed by atoms with van der Waals surface area (Å²) in [5, 5.41) is 6.40. The van der Waals surface area contributed by atoms with E-state index in [0.717, 1.165) is 0 Å². The summed E-state index contributed by atoms with van der Waals surface area (Å²) in [5.74, 6) is -0.649. The zero-order valence-corrected chi connectivity index (χ0v) is 15.0. The van der Waals surface area contributed by atoms with Crippen LogP contribution in [0.5, 0.6) is 0 Å². The van der Waals surface area contributed by atoms with Crippen molar-refractivity contribution < 1.29 is 9.59 Å². The van der Waals surface area contributed by atoms with Gasteiger partial charge in [-0.05, 0) is 48.5 Å². The SMILES string of the molecule is O=C(Nc1cccc(Cl)c1)c1cccc(NC(=O)c2ccccc2Cl)c1. The highest BCUT2D eigenvalue weighted by molar-refractivity contribution is 6.34. The molecule has 0 radical (unpaired) electrons. The third-order valence-corrected chi connectivity index (χ3v) is 4.15. The molecule has 0 atom stereocenters. The maximum Gasteiger partial charge on any atom is 0.257 e. The van der Waals surface area contributed by atoms with Gasteiger partial charge < -0.3 is 10.6 Å². The molecule has 3 rings (SSSR count). The fourth-order valence-electron chi connectivity index (χ4n) is 2.35. The second-order valence-electron chi connectivity index (χ2n) is 5.48. The Balaban J connectivity index is 1.74. The van der Waals surface area contributed by atoms with Crippen LogP contribution in [0.15, 0.2) is 72.8 Å². The highest BCUT2D eigenvalue weighted by atomic mass is 35.5. The fraction of sp³-hybridized carbons (Fsp3) is 0. The normalized spacial score (nSPS) is 10.2. The minimum atomic E-state index is -0.344. The number of rotatable bonds is 4. The summed E-state index contributed by atoms with van der Waals surface area (Å²) in [6.07, 6.45) is 0. The molecule has 4 nitrogen and oxygen atoms in total. The largest absolute Gasteiger partial charge is 0.322 e. The van der Waals surface area contributed by atoms with E-state index in [0.29, 0.717) is 32.5 Å². The maximum absolute atomic E-state index is 12.4. The molecule has 0 unspecified atom stereocenters. The summed E-state index contributed by atoms with van der Waals surface area (Å²) in [6, 6.07) is 20.3. The number of anilines is 2. The summed E-state index contributed by atoms with van der Waals surface area (Å²) >= 11 is 12.0. The van der Waals surface area contributed by atoms with E-state index in [1.165, 1.54) is 0 Å². The second-order valence-corrected chi connectivity index (χ2v) is 6.32. The van der Waals surface area contributed by atoms with Gasteiger partial charge in [-0.2, -0.15) is 0 Å². The number of hydrogen-bond donors (Lipinski definition) is 2. The molecule has 0 saturated carbocycles. The van der Waals surface area contributed by atoms with Crippen LogP contribution in [0.25, 0.3) is 0 Å². The maximum atomic E-state index is 12.4. The van der Waals surface area contributed by atoms with Gasteiger partial charge >= 0.3 is 0 Å². The van der Waals surface area contributed by atoms with E-state index in [1.807, 2.05) is 0 Å². The number of benzene rings is 3. The van der Waals surface area contributed by atoms with Crippen molar-refractivity contribution in [1.29, 1.82) is 0 Å². The molecule has 2 N–H and O–H groups in total. The average Bonchev–Trinajstić information content (AvgIpc) is 2.62. The van der Waals surface area contributed by atoms with Gasteiger partial charge in [0.15, 0.2) is 0 Å². The first-order chi connectivity index (χ1) is 12.5. The molecule has 0 heterocycles. The van der Waals surface area contributed by atoms with Crippen LogP contribution >= 0.6 is 23.2 Å². The standard InChI is InChI=1S/C20H14Cl2N2O2/c21-14-6-4-8-16(12-14)23-19(25)13-5-3-7-15(11-13)24-20(26)17-9-1-2-10-18(17)22/h1-12H,(H,23,25)(H,24,26). The predicted molar refractivity (Wildman–Crippen MR) is 105 cm³/mol.